The van der Waals surface area contributed by atoms with Crippen LogP contribution in [-0.4, -0.2) is 26.1 Å². The molecule has 92 valence electrons. The normalized spacial score (nSPS) is 12.9. The number of imidazole rings is 2. The molecular weight excluding hydrogens is 214 g/mol. The summed E-state index contributed by atoms with van der Waals surface area (Å²) in [5.74, 6) is 1.04. The zero-order valence-corrected chi connectivity index (χ0v) is 10.6. The van der Waals surface area contributed by atoms with Crippen molar-refractivity contribution in [3.63, 3.8) is 0 Å². The van der Waals surface area contributed by atoms with Crippen LogP contribution in [0.1, 0.15) is 30.9 Å². The molecule has 2 heterocycles. The van der Waals surface area contributed by atoms with Gasteiger partial charge in [-0.1, -0.05) is 6.92 Å². The van der Waals surface area contributed by atoms with Gasteiger partial charge in [0.15, 0.2) is 0 Å². The highest BCUT2D eigenvalue weighted by atomic mass is 15.1. The van der Waals surface area contributed by atoms with Gasteiger partial charge in [-0.25, -0.2) is 9.97 Å². The van der Waals surface area contributed by atoms with Gasteiger partial charge in [0.1, 0.15) is 11.9 Å². The molecule has 1 unspecified atom stereocenters. The fraction of sp³-hybridized carbons (Fsp3) is 0.500. The van der Waals surface area contributed by atoms with Gasteiger partial charge in [-0.05, 0) is 13.5 Å². The molecule has 1 N–H and O–H groups in total. The molecule has 5 nitrogen and oxygen atoms in total. The lowest BCUT2D eigenvalue weighted by Crippen LogP contribution is -2.24. The Morgan fingerprint density at radius 1 is 1.47 bits per heavy atom. The topological polar surface area (TPSA) is 47.7 Å². The summed E-state index contributed by atoms with van der Waals surface area (Å²) in [6.45, 7) is 3.16. The van der Waals surface area contributed by atoms with Gasteiger partial charge in [0.2, 0.25) is 0 Å². The van der Waals surface area contributed by atoms with Crippen molar-refractivity contribution < 1.29 is 0 Å². The third-order valence-corrected chi connectivity index (χ3v) is 2.91. The molecule has 2 aromatic rings. The summed E-state index contributed by atoms with van der Waals surface area (Å²) in [6.07, 6.45) is 8.68. The first kappa shape index (κ1) is 11.9. The van der Waals surface area contributed by atoms with Gasteiger partial charge < -0.3 is 14.5 Å². The molecule has 17 heavy (non-hydrogen) atoms. The van der Waals surface area contributed by atoms with Crippen LogP contribution in [0.2, 0.25) is 0 Å². The van der Waals surface area contributed by atoms with Crippen LogP contribution in [0.5, 0.6) is 0 Å². The first-order chi connectivity index (χ1) is 8.27. The van der Waals surface area contributed by atoms with E-state index < -0.39 is 0 Å². The van der Waals surface area contributed by atoms with Crippen LogP contribution in [-0.2, 0) is 13.6 Å². The Kier molecular flexibility index (Phi) is 3.58. The van der Waals surface area contributed by atoms with Crippen LogP contribution in [0.25, 0.3) is 0 Å². The van der Waals surface area contributed by atoms with Crippen molar-refractivity contribution in [2.45, 2.75) is 25.9 Å². The Hall–Kier alpha value is -1.62. The Bertz CT molecular complexity index is 471. The lowest BCUT2D eigenvalue weighted by atomic mass is 10.2. The van der Waals surface area contributed by atoms with Crippen LogP contribution in [0.15, 0.2) is 24.9 Å². The van der Waals surface area contributed by atoms with E-state index in [1.54, 1.807) is 0 Å². The second kappa shape index (κ2) is 5.14. The van der Waals surface area contributed by atoms with Crippen molar-refractivity contribution in [1.82, 2.24) is 24.4 Å². The fourth-order valence-corrected chi connectivity index (χ4v) is 2.07. The van der Waals surface area contributed by atoms with Crippen LogP contribution in [0.3, 0.4) is 0 Å². The molecule has 1 atom stereocenters. The van der Waals surface area contributed by atoms with Gasteiger partial charge in [-0.3, -0.25) is 0 Å². The van der Waals surface area contributed by atoms with E-state index in [2.05, 4.69) is 26.8 Å². The van der Waals surface area contributed by atoms with Gasteiger partial charge >= 0.3 is 0 Å². The highest BCUT2D eigenvalue weighted by molar-refractivity contribution is 5.16. The number of nitrogens with zero attached hydrogens (tertiary/aromatic N) is 4. The lowest BCUT2D eigenvalue weighted by molar-refractivity contribution is 0.547. The average molecular weight is 233 g/mol. The smallest absolute Gasteiger partial charge is 0.132 e. The van der Waals surface area contributed by atoms with Gasteiger partial charge in [0, 0.05) is 26.0 Å². The van der Waals surface area contributed by atoms with Crippen molar-refractivity contribution in [1.29, 1.82) is 0 Å². The zero-order chi connectivity index (χ0) is 12.3. The third-order valence-electron chi connectivity index (χ3n) is 2.91. The molecule has 2 rings (SSSR count). The van der Waals surface area contributed by atoms with E-state index in [1.807, 2.05) is 43.6 Å². The maximum absolute atomic E-state index is 4.46. The lowest BCUT2D eigenvalue weighted by Gasteiger charge is -2.17. The third kappa shape index (κ3) is 2.24. The summed E-state index contributed by atoms with van der Waals surface area (Å²) >= 11 is 0. The number of rotatable bonds is 5. The molecule has 0 radical (unpaired) electrons. The predicted molar refractivity (Wildman–Crippen MR) is 66.6 cm³/mol. The quantitative estimate of drug-likeness (QED) is 0.847. The Balaban J connectivity index is 2.35. The Morgan fingerprint density at radius 2 is 2.29 bits per heavy atom. The second-order valence-corrected chi connectivity index (χ2v) is 4.13. The number of hydrogen-bond donors (Lipinski definition) is 1. The average Bonchev–Trinajstić information content (AvgIpc) is 2.92. The molecule has 5 heteroatoms. The molecule has 0 aliphatic heterocycles. The van der Waals surface area contributed by atoms with Crippen LogP contribution in [0.4, 0.5) is 0 Å². The standard InChI is InChI=1S/C12H19N5/c1-4-6-17-7-5-15-12(17)11(13-2)10-8-14-9-16(10)3/h5,7-9,11,13H,4,6H2,1-3H3. The Labute approximate surface area is 102 Å². The minimum absolute atomic E-state index is 0.0871. The number of aryl methyl sites for hydroxylation is 2. The minimum atomic E-state index is 0.0871. The van der Waals surface area contributed by atoms with E-state index in [0.29, 0.717) is 0 Å². The van der Waals surface area contributed by atoms with Crippen LogP contribution in [0, 0.1) is 0 Å². The summed E-state index contributed by atoms with van der Waals surface area (Å²) in [4.78, 5) is 8.62. The largest absolute Gasteiger partial charge is 0.336 e. The number of hydrogen-bond acceptors (Lipinski definition) is 3. The summed E-state index contributed by atoms with van der Waals surface area (Å²) in [7, 11) is 3.95. The maximum atomic E-state index is 4.46. The molecule has 0 amide bonds. The summed E-state index contributed by atoms with van der Waals surface area (Å²) < 4.78 is 4.21. The predicted octanol–water partition coefficient (Wildman–Crippen LogP) is 1.34. The number of nitrogens with one attached hydrogen (secondary N) is 1. The molecule has 0 aliphatic carbocycles. The molecule has 2 aromatic heterocycles. The Morgan fingerprint density at radius 3 is 2.88 bits per heavy atom. The number of aromatic nitrogens is 4. The van der Waals surface area contributed by atoms with E-state index in [1.165, 1.54) is 0 Å². The van der Waals surface area contributed by atoms with Crippen molar-refractivity contribution in [2.75, 3.05) is 7.05 Å². The summed E-state index contributed by atoms with van der Waals surface area (Å²) in [5.41, 5.74) is 1.12. The monoisotopic (exact) mass is 233 g/mol. The SMILES string of the molecule is CCCn1ccnc1C(NC)c1cncn1C. The van der Waals surface area contributed by atoms with Gasteiger partial charge in [-0.2, -0.15) is 0 Å². The first-order valence-corrected chi connectivity index (χ1v) is 5.92. The molecular formula is C12H19N5. The van der Waals surface area contributed by atoms with Gasteiger partial charge in [0.25, 0.3) is 0 Å². The second-order valence-electron chi connectivity index (χ2n) is 4.13. The highest BCUT2D eigenvalue weighted by Crippen LogP contribution is 2.19. The summed E-state index contributed by atoms with van der Waals surface area (Å²) in [6, 6.07) is 0.0871. The van der Waals surface area contributed by atoms with E-state index in [9.17, 15) is 0 Å². The van der Waals surface area contributed by atoms with Crippen LogP contribution >= 0.6 is 0 Å². The molecule has 0 saturated heterocycles. The molecule has 0 aliphatic rings. The van der Waals surface area contributed by atoms with E-state index >= 15 is 0 Å². The van der Waals surface area contributed by atoms with Crippen molar-refractivity contribution in [3.05, 3.63) is 36.4 Å². The van der Waals surface area contributed by atoms with Crippen molar-refractivity contribution in [3.8, 4) is 0 Å². The molecule has 0 aromatic carbocycles. The highest BCUT2D eigenvalue weighted by Gasteiger charge is 2.19. The van der Waals surface area contributed by atoms with Gasteiger partial charge in [-0.15, -0.1) is 0 Å². The molecule has 0 bridgehead atoms. The molecule has 0 saturated carbocycles. The maximum Gasteiger partial charge on any atom is 0.132 e. The van der Waals surface area contributed by atoms with E-state index in [4.69, 9.17) is 0 Å². The molecule has 0 spiro atoms. The first-order valence-electron chi connectivity index (χ1n) is 5.92. The minimum Gasteiger partial charge on any atom is -0.336 e. The van der Waals surface area contributed by atoms with Gasteiger partial charge in [0.05, 0.1) is 18.2 Å². The van der Waals surface area contributed by atoms with Crippen molar-refractivity contribution in [2.24, 2.45) is 7.05 Å². The fourth-order valence-electron chi connectivity index (χ4n) is 2.07. The van der Waals surface area contributed by atoms with Crippen molar-refractivity contribution >= 4 is 0 Å². The van der Waals surface area contributed by atoms with E-state index in [0.717, 1.165) is 24.5 Å². The summed E-state index contributed by atoms with van der Waals surface area (Å²) in [5, 5.41) is 3.30. The molecule has 0 fully saturated rings. The van der Waals surface area contributed by atoms with Crippen LogP contribution < -0.4 is 5.32 Å². The zero-order valence-electron chi connectivity index (χ0n) is 10.6. The van der Waals surface area contributed by atoms with E-state index in [-0.39, 0.29) is 6.04 Å².